The topological polar surface area (TPSA) is 79.3 Å². The molecule has 0 aliphatic rings. The lowest BCUT2D eigenvalue weighted by atomic mass is 10.1. The molecule has 0 atom stereocenters. The van der Waals surface area contributed by atoms with Gasteiger partial charge in [-0.15, -0.1) is 11.3 Å². The first-order valence-electron chi connectivity index (χ1n) is 7.89. The number of hydrogen-bond donors (Lipinski definition) is 2. The Balaban J connectivity index is 2.10. The maximum absolute atomic E-state index is 10.1. The molecule has 26 heavy (non-hydrogen) atoms. The fourth-order valence-electron chi connectivity index (χ4n) is 2.54. The van der Waals surface area contributed by atoms with Crippen LogP contribution in [0, 0.1) is 0 Å². The molecular formula is C19H19N3O3S. The SMILES string of the molecule is CN=c1scc(-c2ccc(OC)cc2)n1N=C(C)c1ccc(O)cc1O. The first kappa shape index (κ1) is 17.8. The summed E-state index contributed by atoms with van der Waals surface area (Å²) in [6.45, 7) is 1.80. The molecule has 0 aliphatic carbocycles. The van der Waals surface area contributed by atoms with Crippen molar-refractivity contribution in [1.29, 1.82) is 0 Å². The summed E-state index contributed by atoms with van der Waals surface area (Å²) in [4.78, 5) is 5.01. The largest absolute Gasteiger partial charge is 0.508 e. The average molecular weight is 369 g/mol. The van der Waals surface area contributed by atoms with Crippen molar-refractivity contribution in [3.8, 4) is 28.5 Å². The van der Waals surface area contributed by atoms with E-state index < -0.39 is 0 Å². The van der Waals surface area contributed by atoms with E-state index >= 15 is 0 Å². The molecule has 2 N–H and O–H groups in total. The van der Waals surface area contributed by atoms with Gasteiger partial charge in [-0.25, -0.2) is 4.68 Å². The third kappa shape index (κ3) is 3.48. The van der Waals surface area contributed by atoms with Gasteiger partial charge in [0.1, 0.15) is 17.2 Å². The van der Waals surface area contributed by atoms with E-state index in [1.807, 2.05) is 29.6 Å². The van der Waals surface area contributed by atoms with Gasteiger partial charge in [-0.3, -0.25) is 4.99 Å². The molecule has 0 unspecified atom stereocenters. The summed E-state index contributed by atoms with van der Waals surface area (Å²) >= 11 is 1.48. The van der Waals surface area contributed by atoms with Gasteiger partial charge < -0.3 is 14.9 Å². The highest BCUT2D eigenvalue weighted by Crippen LogP contribution is 2.25. The molecule has 0 saturated carbocycles. The number of phenolic OH excluding ortho intramolecular Hbond substituents is 2. The Morgan fingerprint density at radius 2 is 1.85 bits per heavy atom. The van der Waals surface area contributed by atoms with Gasteiger partial charge in [0.25, 0.3) is 0 Å². The van der Waals surface area contributed by atoms with Crippen LogP contribution in [0.15, 0.2) is 57.9 Å². The van der Waals surface area contributed by atoms with E-state index in [4.69, 9.17) is 4.74 Å². The molecule has 3 aromatic rings. The lowest BCUT2D eigenvalue weighted by Gasteiger charge is -2.08. The third-order valence-corrected chi connectivity index (χ3v) is 4.79. The molecular weight excluding hydrogens is 350 g/mol. The standard InChI is InChI=1S/C19H19N3O3S/c1-12(16-9-6-14(23)10-18(16)24)21-22-17(11-26-19(22)20-2)13-4-7-15(25-3)8-5-13/h4-11,23-24H,1-3H3. The Morgan fingerprint density at radius 1 is 1.12 bits per heavy atom. The first-order chi connectivity index (χ1) is 12.5. The number of rotatable bonds is 4. The number of aromatic hydroxyl groups is 2. The van der Waals surface area contributed by atoms with Crippen LogP contribution in [-0.4, -0.2) is 34.8 Å². The van der Waals surface area contributed by atoms with E-state index in [1.165, 1.54) is 23.5 Å². The second-order valence-electron chi connectivity index (χ2n) is 5.55. The van der Waals surface area contributed by atoms with Crippen molar-refractivity contribution in [3.05, 3.63) is 58.2 Å². The lowest BCUT2D eigenvalue weighted by molar-refractivity contribution is 0.415. The van der Waals surface area contributed by atoms with Crippen LogP contribution in [0.2, 0.25) is 0 Å². The molecule has 0 spiro atoms. The number of ether oxygens (including phenoxy) is 1. The molecule has 0 fully saturated rings. The molecule has 3 rings (SSSR count). The number of thiazole rings is 1. The third-order valence-electron chi connectivity index (χ3n) is 3.88. The molecule has 1 aromatic heterocycles. The number of hydrogen-bond acceptors (Lipinski definition) is 6. The van der Waals surface area contributed by atoms with Crippen molar-refractivity contribution >= 4 is 17.0 Å². The van der Waals surface area contributed by atoms with Gasteiger partial charge in [-0.05, 0) is 43.3 Å². The van der Waals surface area contributed by atoms with Gasteiger partial charge in [0.2, 0.25) is 4.80 Å². The second-order valence-corrected chi connectivity index (χ2v) is 6.39. The van der Waals surface area contributed by atoms with Gasteiger partial charge in [-0.1, -0.05) is 0 Å². The Bertz CT molecular complexity index is 1020. The van der Waals surface area contributed by atoms with E-state index in [0.29, 0.717) is 11.3 Å². The van der Waals surface area contributed by atoms with Crippen molar-refractivity contribution in [2.75, 3.05) is 14.2 Å². The fraction of sp³-hybridized carbons (Fsp3) is 0.158. The zero-order chi connectivity index (χ0) is 18.7. The summed E-state index contributed by atoms with van der Waals surface area (Å²) in [6.07, 6.45) is 0. The summed E-state index contributed by atoms with van der Waals surface area (Å²) in [5.41, 5.74) is 3.01. The second kappa shape index (κ2) is 7.45. The van der Waals surface area contributed by atoms with Crippen LogP contribution in [0.1, 0.15) is 12.5 Å². The van der Waals surface area contributed by atoms with Crippen LogP contribution in [0.5, 0.6) is 17.2 Å². The highest BCUT2D eigenvalue weighted by atomic mass is 32.1. The van der Waals surface area contributed by atoms with Gasteiger partial charge in [0.15, 0.2) is 0 Å². The first-order valence-corrected chi connectivity index (χ1v) is 8.77. The molecule has 0 bridgehead atoms. The summed E-state index contributed by atoms with van der Waals surface area (Å²) in [5.74, 6) is 0.762. The predicted molar refractivity (Wildman–Crippen MR) is 103 cm³/mol. The Kier molecular flexibility index (Phi) is 5.09. The molecule has 2 aromatic carbocycles. The highest BCUT2D eigenvalue weighted by Gasteiger charge is 2.11. The Morgan fingerprint density at radius 3 is 2.46 bits per heavy atom. The van der Waals surface area contributed by atoms with Crippen LogP contribution in [0.4, 0.5) is 0 Å². The number of methoxy groups -OCH3 is 1. The number of phenols is 2. The van der Waals surface area contributed by atoms with Gasteiger partial charge in [0, 0.05) is 29.6 Å². The number of benzene rings is 2. The maximum atomic E-state index is 10.1. The summed E-state index contributed by atoms with van der Waals surface area (Å²) in [6, 6.07) is 12.1. The van der Waals surface area contributed by atoms with Crippen LogP contribution in [0.3, 0.4) is 0 Å². The van der Waals surface area contributed by atoms with E-state index in [0.717, 1.165) is 21.8 Å². The van der Waals surface area contributed by atoms with E-state index in [1.54, 1.807) is 31.8 Å². The Labute approximate surface area is 155 Å². The minimum atomic E-state index is -0.0249. The molecule has 0 amide bonds. The summed E-state index contributed by atoms with van der Waals surface area (Å²) in [7, 11) is 3.34. The van der Waals surface area contributed by atoms with Crippen LogP contribution in [0.25, 0.3) is 11.3 Å². The van der Waals surface area contributed by atoms with Gasteiger partial charge in [-0.2, -0.15) is 5.10 Å². The van der Waals surface area contributed by atoms with Crippen molar-refractivity contribution < 1.29 is 14.9 Å². The normalized spacial score (nSPS) is 12.4. The van der Waals surface area contributed by atoms with Gasteiger partial charge >= 0.3 is 0 Å². The smallest absolute Gasteiger partial charge is 0.205 e. The van der Waals surface area contributed by atoms with Crippen molar-refractivity contribution in [3.63, 3.8) is 0 Å². The number of aromatic nitrogens is 1. The molecule has 0 radical (unpaired) electrons. The predicted octanol–water partition coefficient (Wildman–Crippen LogP) is 3.44. The van der Waals surface area contributed by atoms with Crippen molar-refractivity contribution in [1.82, 2.24) is 4.68 Å². The molecule has 0 saturated heterocycles. The quantitative estimate of drug-likeness (QED) is 0.692. The monoisotopic (exact) mass is 369 g/mol. The summed E-state index contributed by atoms with van der Waals surface area (Å²) in [5, 5.41) is 26.2. The number of nitrogens with zero attached hydrogens (tertiary/aromatic N) is 3. The van der Waals surface area contributed by atoms with E-state index in [-0.39, 0.29) is 11.5 Å². The van der Waals surface area contributed by atoms with E-state index in [2.05, 4.69) is 10.1 Å². The summed E-state index contributed by atoms with van der Waals surface area (Å²) < 4.78 is 6.95. The van der Waals surface area contributed by atoms with Crippen LogP contribution < -0.4 is 9.54 Å². The zero-order valence-electron chi connectivity index (χ0n) is 14.7. The van der Waals surface area contributed by atoms with Gasteiger partial charge in [0.05, 0.1) is 18.5 Å². The minimum absolute atomic E-state index is 0.00501. The highest BCUT2D eigenvalue weighted by molar-refractivity contribution is 7.07. The van der Waals surface area contributed by atoms with Crippen molar-refractivity contribution in [2.24, 2.45) is 10.1 Å². The maximum Gasteiger partial charge on any atom is 0.205 e. The molecule has 7 heteroatoms. The molecule has 6 nitrogen and oxygen atoms in total. The zero-order valence-corrected chi connectivity index (χ0v) is 15.5. The molecule has 0 aliphatic heterocycles. The Hall–Kier alpha value is -3.06. The fourth-order valence-corrected chi connectivity index (χ4v) is 3.33. The minimum Gasteiger partial charge on any atom is -0.508 e. The molecule has 1 heterocycles. The lowest BCUT2D eigenvalue weighted by Crippen LogP contribution is -2.13. The van der Waals surface area contributed by atoms with Crippen molar-refractivity contribution in [2.45, 2.75) is 6.92 Å². The van der Waals surface area contributed by atoms with Crippen LogP contribution >= 0.6 is 11.3 Å². The molecule has 134 valence electrons. The van der Waals surface area contributed by atoms with Crippen LogP contribution in [-0.2, 0) is 0 Å². The van der Waals surface area contributed by atoms with E-state index in [9.17, 15) is 10.2 Å². The average Bonchev–Trinajstić information content (AvgIpc) is 3.04.